The van der Waals surface area contributed by atoms with Gasteiger partial charge in [-0.2, -0.15) is 0 Å². The number of ketones is 1. The number of nitrogens with zero attached hydrogens (tertiary/aromatic N) is 2. The Bertz CT molecular complexity index is 942. The summed E-state index contributed by atoms with van der Waals surface area (Å²) in [6, 6.07) is 14.3. The highest BCUT2D eigenvalue weighted by molar-refractivity contribution is 9.12. The number of methoxy groups -OCH3 is 1. The van der Waals surface area contributed by atoms with Gasteiger partial charge in [0.2, 0.25) is 11.5 Å². The van der Waals surface area contributed by atoms with Gasteiger partial charge in [-0.05, 0) is 34.5 Å². The lowest BCUT2D eigenvalue weighted by Crippen LogP contribution is -2.41. The summed E-state index contributed by atoms with van der Waals surface area (Å²) in [5, 5.41) is 15.9. The molecule has 0 N–H and O–H groups in total. The summed E-state index contributed by atoms with van der Waals surface area (Å²) >= 11 is 10.3. The first-order chi connectivity index (χ1) is 12.9. The monoisotopic (exact) mass is 558 g/mol. The van der Waals surface area contributed by atoms with Crippen LogP contribution in [0, 0.1) is 0 Å². The zero-order valence-corrected chi connectivity index (χ0v) is 18.7. The van der Waals surface area contributed by atoms with E-state index in [1.54, 1.807) is 31.4 Å². The Balaban J connectivity index is 1.92. The molecule has 0 radical (unpaired) electrons. The van der Waals surface area contributed by atoms with Crippen molar-refractivity contribution in [3.05, 3.63) is 64.3 Å². The summed E-state index contributed by atoms with van der Waals surface area (Å²) < 4.78 is 12.0. The van der Waals surface area contributed by atoms with E-state index in [-0.39, 0.29) is 10.5 Å². The van der Waals surface area contributed by atoms with E-state index in [1.807, 2.05) is 24.3 Å². The molecular weight excluding hydrogens is 548 g/mol. The molecule has 0 saturated heterocycles. The number of hydrogen-bond donors (Lipinski definition) is 0. The summed E-state index contributed by atoms with van der Waals surface area (Å²) in [6.45, 7) is 0. The summed E-state index contributed by atoms with van der Waals surface area (Å²) in [6.07, 6.45) is 0. The number of halogens is 3. The van der Waals surface area contributed by atoms with E-state index in [0.29, 0.717) is 11.4 Å². The van der Waals surface area contributed by atoms with E-state index >= 15 is 0 Å². The van der Waals surface area contributed by atoms with Gasteiger partial charge in [-0.15, -0.1) is 0 Å². The molecule has 1 aromatic heterocycles. The van der Waals surface area contributed by atoms with E-state index in [1.165, 1.54) is 4.68 Å². The Kier molecular flexibility index (Phi) is 6.33. The molecule has 0 aliphatic heterocycles. The number of benzene rings is 2. The van der Waals surface area contributed by atoms with Crippen molar-refractivity contribution in [1.29, 1.82) is 0 Å². The van der Waals surface area contributed by atoms with Crippen LogP contribution in [0.5, 0.6) is 11.7 Å². The van der Waals surface area contributed by atoms with Gasteiger partial charge in [0, 0.05) is 16.6 Å². The van der Waals surface area contributed by atoms with Crippen LogP contribution in [-0.2, 0) is 0 Å². The highest BCUT2D eigenvalue weighted by Crippen LogP contribution is 2.34. The normalized spacial score (nSPS) is 13.2. The van der Waals surface area contributed by atoms with Crippen LogP contribution >= 0.6 is 47.8 Å². The topological polar surface area (TPSA) is 79.3 Å². The van der Waals surface area contributed by atoms with Crippen LogP contribution in [0.25, 0.3) is 5.69 Å². The van der Waals surface area contributed by atoms with Gasteiger partial charge in [0.15, 0.2) is 5.95 Å². The minimum Gasteiger partial charge on any atom is -0.539 e. The smallest absolute Gasteiger partial charge is 0.307 e. The van der Waals surface area contributed by atoms with Crippen molar-refractivity contribution < 1.29 is 23.8 Å². The third-order valence-corrected chi connectivity index (χ3v) is 7.10. The van der Waals surface area contributed by atoms with Crippen molar-refractivity contribution in [3.63, 3.8) is 0 Å². The van der Waals surface area contributed by atoms with Crippen LogP contribution in [0.4, 0.5) is 0 Å². The Labute approximate surface area is 180 Å². The van der Waals surface area contributed by atoms with Crippen molar-refractivity contribution in [2.24, 2.45) is 0 Å². The summed E-state index contributed by atoms with van der Waals surface area (Å²) in [4.78, 5) is 11.9. The van der Waals surface area contributed by atoms with E-state index in [2.05, 4.69) is 53.1 Å². The number of hydrogen-bond acceptors (Lipinski definition) is 5. The van der Waals surface area contributed by atoms with Crippen molar-refractivity contribution in [1.82, 2.24) is 5.27 Å². The zero-order chi connectivity index (χ0) is 19.6. The fraction of sp³-hybridized carbons (Fsp3) is 0.167. The van der Waals surface area contributed by atoms with Crippen molar-refractivity contribution in [2.45, 2.75) is 9.65 Å². The molecular formula is C18H13Br3N2O4. The fourth-order valence-corrected chi connectivity index (χ4v) is 3.76. The number of carbonyl (C=O) groups is 1. The SMILES string of the molecule is COc1ccc(-[n+]2noc([O-])c2C(=O)C(Br)C(Br)c2ccc(Br)cc2)cc1. The predicted molar refractivity (Wildman–Crippen MR) is 107 cm³/mol. The maximum Gasteiger partial charge on any atom is 0.307 e. The lowest BCUT2D eigenvalue weighted by Gasteiger charge is -2.15. The minimum atomic E-state index is -0.796. The highest BCUT2D eigenvalue weighted by atomic mass is 79.9. The molecule has 0 fully saturated rings. The number of ether oxygens (including phenoxy) is 1. The van der Waals surface area contributed by atoms with Gasteiger partial charge in [0.25, 0.3) is 0 Å². The number of Topliss-reactive ketones (excluding diaryl/α,β-unsaturated/α-hetero) is 1. The maximum absolute atomic E-state index is 13.0. The lowest BCUT2D eigenvalue weighted by molar-refractivity contribution is -0.672. The van der Waals surface area contributed by atoms with Crippen molar-refractivity contribution in [3.8, 4) is 17.4 Å². The number of alkyl halides is 2. The van der Waals surface area contributed by atoms with E-state index in [9.17, 15) is 9.90 Å². The predicted octanol–water partition coefficient (Wildman–Crippen LogP) is 3.88. The molecule has 27 heavy (non-hydrogen) atoms. The Hall–Kier alpha value is -1.71. The minimum absolute atomic E-state index is 0.163. The number of aromatic nitrogens is 2. The average molecular weight is 561 g/mol. The van der Waals surface area contributed by atoms with Gasteiger partial charge in [-0.25, -0.2) is 0 Å². The molecule has 0 spiro atoms. The Morgan fingerprint density at radius 1 is 1.15 bits per heavy atom. The first-order valence-electron chi connectivity index (χ1n) is 7.73. The lowest BCUT2D eigenvalue weighted by atomic mass is 10.1. The first kappa shape index (κ1) is 20.0. The highest BCUT2D eigenvalue weighted by Gasteiger charge is 2.36. The maximum atomic E-state index is 13.0. The molecule has 2 atom stereocenters. The molecule has 9 heteroatoms. The second-order valence-corrected chi connectivity index (χ2v) is 8.43. The molecule has 0 aliphatic carbocycles. The van der Waals surface area contributed by atoms with Crippen LogP contribution < -0.4 is 14.5 Å². The summed E-state index contributed by atoms with van der Waals surface area (Å²) in [5.74, 6) is -0.593. The van der Waals surface area contributed by atoms with Crippen LogP contribution in [0.2, 0.25) is 0 Å². The third kappa shape index (κ3) is 4.25. The molecule has 2 aromatic carbocycles. The fourth-order valence-electron chi connectivity index (χ4n) is 2.43. The summed E-state index contributed by atoms with van der Waals surface area (Å²) in [7, 11) is 1.55. The second-order valence-electron chi connectivity index (χ2n) is 5.54. The first-order valence-corrected chi connectivity index (χ1v) is 10.4. The van der Waals surface area contributed by atoms with Crippen molar-refractivity contribution in [2.75, 3.05) is 7.11 Å². The molecule has 6 nitrogen and oxygen atoms in total. The van der Waals surface area contributed by atoms with Crippen molar-refractivity contribution >= 4 is 53.6 Å². The van der Waals surface area contributed by atoms with E-state index < -0.39 is 16.6 Å². The van der Waals surface area contributed by atoms with Crippen LogP contribution in [-0.4, -0.2) is 23.0 Å². The second kappa shape index (κ2) is 8.53. The van der Waals surface area contributed by atoms with E-state index in [4.69, 9.17) is 9.26 Å². The molecule has 0 saturated carbocycles. The molecule has 3 rings (SSSR count). The van der Waals surface area contributed by atoms with Gasteiger partial charge < -0.3 is 14.4 Å². The molecule has 2 unspecified atom stereocenters. The van der Waals surface area contributed by atoms with Gasteiger partial charge in [0.05, 0.1) is 17.2 Å². The molecule has 1 heterocycles. The van der Waals surface area contributed by atoms with Crippen LogP contribution in [0.15, 0.2) is 57.5 Å². The van der Waals surface area contributed by atoms with Gasteiger partial charge in [-0.1, -0.05) is 59.9 Å². The quantitative estimate of drug-likeness (QED) is 0.260. The standard InChI is InChI=1S/C18H13Br3N2O4/c1-26-13-8-6-12(7-9-13)23-16(18(25)27-22-23)17(24)15(21)14(20)10-2-4-11(19)5-3-10/h2-9,14-15H,1H3. The molecule has 140 valence electrons. The number of rotatable bonds is 6. The Morgan fingerprint density at radius 2 is 1.78 bits per heavy atom. The van der Waals surface area contributed by atoms with E-state index in [0.717, 1.165) is 10.0 Å². The molecule has 0 bridgehead atoms. The van der Waals surface area contributed by atoms with Gasteiger partial charge in [-0.3, -0.25) is 4.79 Å². The molecule has 3 aromatic rings. The van der Waals surface area contributed by atoms with Gasteiger partial charge in [0.1, 0.15) is 10.6 Å². The third-order valence-electron chi connectivity index (χ3n) is 3.86. The largest absolute Gasteiger partial charge is 0.539 e. The summed E-state index contributed by atoms with van der Waals surface area (Å²) in [5.41, 5.74) is 1.23. The van der Waals surface area contributed by atoms with Gasteiger partial charge >= 0.3 is 5.69 Å². The zero-order valence-electron chi connectivity index (χ0n) is 13.9. The Morgan fingerprint density at radius 3 is 2.37 bits per heavy atom. The molecule has 0 aliphatic rings. The van der Waals surface area contributed by atoms with Crippen LogP contribution in [0.1, 0.15) is 20.9 Å². The van der Waals surface area contributed by atoms with Crippen LogP contribution in [0.3, 0.4) is 0 Å². The average Bonchev–Trinajstić information content (AvgIpc) is 3.08. The molecule has 0 amide bonds. The number of carbonyl (C=O) groups excluding carboxylic acids is 1.